The number of aliphatic hydroxyl groups excluding tert-OH is 1. The Morgan fingerprint density at radius 3 is 2.81 bits per heavy atom. The lowest BCUT2D eigenvalue weighted by Gasteiger charge is -2.37. The largest absolute Gasteiger partial charge is 0.393 e. The van der Waals surface area contributed by atoms with E-state index in [0.29, 0.717) is 23.9 Å². The molecule has 0 bridgehead atoms. The van der Waals surface area contributed by atoms with Gasteiger partial charge >= 0.3 is 0 Å². The molecule has 6 heteroatoms. The highest BCUT2D eigenvalue weighted by molar-refractivity contribution is 7.10. The molecule has 0 radical (unpaired) electrons. The van der Waals surface area contributed by atoms with Gasteiger partial charge in [0.15, 0.2) is 0 Å². The minimum absolute atomic E-state index is 0.148. The van der Waals surface area contributed by atoms with Gasteiger partial charge in [-0.15, -0.1) is 11.3 Å². The lowest BCUT2D eigenvalue weighted by Crippen LogP contribution is -2.41. The molecule has 4 rings (SSSR count). The lowest BCUT2D eigenvalue weighted by atomic mass is 9.76. The Bertz CT molecular complexity index is 1000. The quantitative estimate of drug-likeness (QED) is 0.662. The maximum atomic E-state index is 13.0. The molecule has 0 spiro atoms. The number of fused-ring (bicyclic) bond motifs is 1. The van der Waals surface area contributed by atoms with Crippen LogP contribution >= 0.6 is 11.3 Å². The first-order chi connectivity index (χ1) is 12.5. The van der Waals surface area contributed by atoms with Gasteiger partial charge in [-0.25, -0.2) is 0 Å². The molecule has 3 aromatic rings. The normalized spacial score (nSPS) is 20.5. The van der Waals surface area contributed by atoms with Gasteiger partial charge in [-0.3, -0.25) is 9.59 Å². The number of amides is 1. The second kappa shape index (κ2) is 6.70. The van der Waals surface area contributed by atoms with Crippen LogP contribution < -0.4 is 10.9 Å². The van der Waals surface area contributed by atoms with Crippen molar-refractivity contribution in [1.29, 1.82) is 0 Å². The third-order valence-electron chi connectivity index (χ3n) is 5.00. The molecule has 26 heavy (non-hydrogen) atoms. The van der Waals surface area contributed by atoms with Crippen molar-refractivity contribution in [1.82, 2.24) is 10.3 Å². The number of carbonyl (C=O) groups excluding carboxylic acids is 1. The Hall–Kier alpha value is -2.44. The zero-order valence-electron chi connectivity index (χ0n) is 14.4. The zero-order valence-corrected chi connectivity index (χ0v) is 15.2. The molecule has 1 atom stereocenters. The molecule has 0 saturated heterocycles. The maximum absolute atomic E-state index is 13.0. The van der Waals surface area contributed by atoms with Crippen LogP contribution in [0.15, 0.2) is 46.6 Å². The second-order valence-corrected chi connectivity index (χ2v) is 7.93. The number of hydrogen-bond donors (Lipinski definition) is 3. The molecule has 1 saturated carbocycles. The standard InChI is InChI=1S/C20H20N2O3S/c1-11-4-5-16-14(7-11)15(10-18(24)21-16)20(25)22-19(12-8-13(23)9-12)17-3-2-6-26-17/h2-7,10,12-13,19,23H,8-9H2,1H3,(H,21,24)(H,22,25). The fourth-order valence-corrected chi connectivity index (χ4v) is 4.44. The van der Waals surface area contributed by atoms with Gasteiger partial charge in [-0.1, -0.05) is 17.7 Å². The van der Waals surface area contributed by atoms with Crippen LogP contribution in [0.3, 0.4) is 0 Å². The summed E-state index contributed by atoms with van der Waals surface area (Å²) in [5, 5.41) is 15.5. The SMILES string of the molecule is Cc1ccc2[nH]c(=O)cc(C(=O)NC(c3cccs3)C3CC(O)C3)c2c1. The molecule has 1 unspecified atom stereocenters. The summed E-state index contributed by atoms with van der Waals surface area (Å²) in [5.74, 6) is -0.0471. The van der Waals surface area contributed by atoms with Gasteiger partial charge in [0.05, 0.1) is 17.7 Å². The number of thiophene rings is 1. The fourth-order valence-electron chi connectivity index (χ4n) is 3.57. The monoisotopic (exact) mass is 368 g/mol. The van der Waals surface area contributed by atoms with E-state index in [1.54, 1.807) is 11.3 Å². The van der Waals surface area contributed by atoms with Crippen LogP contribution in [-0.2, 0) is 0 Å². The Kier molecular flexibility index (Phi) is 4.38. The summed E-state index contributed by atoms with van der Waals surface area (Å²) in [6.07, 6.45) is 1.07. The van der Waals surface area contributed by atoms with Gasteiger partial charge in [0.25, 0.3) is 5.91 Å². The van der Waals surface area contributed by atoms with Gasteiger partial charge < -0.3 is 15.4 Å². The smallest absolute Gasteiger partial charge is 0.252 e. The van der Waals surface area contributed by atoms with Crippen LogP contribution in [0.2, 0.25) is 0 Å². The average molecular weight is 368 g/mol. The minimum atomic E-state index is -0.293. The summed E-state index contributed by atoms with van der Waals surface area (Å²) in [5.41, 5.74) is 1.77. The molecule has 2 aromatic heterocycles. The number of aryl methyl sites for hydroxylation is 1. The highest BCUT2D eigenvalue weighted by Crippen LogP contribution is 2.39. The van der Waals surface area contributed by atoms with Crippen molar-refractivity contribution in [3.63, 3.8) is 0 Å². The third kappa shape index (κ3) is 3.18. The highest BCUT2D eigenvalue weighted by Gasteiger charge is 2.36. The van der Waals surface area contributed by atoms with Crippen molar-refractivity contribution < 1.29 is 9.90 Å². The Balaban J connectivity index is 1.69. The summed E-state index contributed by atoms with van der Waals surface area (Å²) in [6, 6.07) is 10.8. The Morgan fingerprint density at radius 2 is 2.12 bits per heavy atom. The molecule has 1 fully saturated rings. The van der Waals surface area contributed by atoms with Crippen LogP contribution in [-0.4, -0.2) is 22.1 Å². The lowest BCUT2D eigenvalue weighted by molar-refractivity contribution is 0.0241. The molecule has 1 amide bonds. The number of nitrogens with one attached hydrogen (secondary N) is 2. The summed E-state index contributed by atoms with van der Waals surface area (Å²) in [7, 11) is 0. The van der Waals surface area contributed by atoms with Gasteiger partial charge in [-0.05, 0) is 49.3 Å². The molecule has 134 valence electrons. The number of aromatic nitrogens is 1. The predicted molar refractivity (Wildman–Crippen MR) is 103 cm³/mol. The van der Waals surface area contributed by atoms with Crippen molar-refractivity contribution in [2.45, 2.75) is 31.9 Å². The van der Waals surface area contributed by atoms with Crippen LogP contribution in [0, 0.1) is 12.8 Å². The van der Waals surface area contributed by atoms with E-state index in [1.807, 2.05) is 42.6 Å². The number of aromatic amines is 1. The highest BCUT2D eigenvalue weighted by atomic mass is 32.1. The van der Waals surface area contributed by atoms with Crippen LogP contribution in [0.4, 0.5) is 0 Å². The van der Waals surface area contributed by atoms with Crippen molar-refractivity contribution in [3.8, 4) is 0 Å². The summed E-state index contributed by atoms with van der Waals surface area (Å²) >= 11 is 1.59. The first-order valence-corrected chi connectivity index (χ1v) is 9.55. The number of H-pyrrole nitrogens is 1. The van der Waals surface area contributed by atoms with Crippen molar-refractivity contribution in [3.05, 3.63) is 68.1 Å². The fraction of sp³-hybridized carbons (Fsp3) is 0.300. The molecule has 1 aromatic carbocycles. The summed E-state index contributed by atoms with van der Waals surface area (Å²) < 4.78 is 0. The van der Waals surface area contributed by atoms with Crippen molar-refractivity contribution >= 4 is 28.1 Å². The van der Waals surface area contributed by atoms with E-state index in [9.17, 15) is 14.7 Å². The number of rotatable bonds is 4. The van der Waals surface area contributed by atoms with Crippen LogP contribution in [0.1, 0.15) is 39.7 Å². The molecule has 1 aliphatic rings. The third-order valence-corrected chi connectivity index (χ3v) is 5.96. The van der Waals surface area contributed by atoms with E-state index in [-0.39, 0.29) is 29.5 Å². The van der Waals surface area contributed by atoms with Crippen molar-refractivity contribution in [2.24, 2.45) is 5.92 Å². The van der Waals surface area contributed by atoms with Gasteiger partial charge in [0.2, 0.25) is 5.56 Å². The second-order valence-electron chi connectivity index (χ2n) is 6.95. The summed E-state index contributed by atoms with van der Waals surface area (Å²) in [6.45, 7) is 1.95. The molecule has 2 heterocycles. The molecule has 0 aliphatic heterocycles. The van der Waals surface area contributed by atoms with Gasteiger partial charge in [0.1, 0.15) is 0 Å². The van der Waals surface area contributed by atoms with E-state index >= 15 is 0 Å². The molecular weight excluding hydrogens is 348 g/mol. The molecular formula is C20H20N2O3S. The van der Waals surface area contributed by atoms with E-state index in [0.717, 1.165) is 15.8 Å². The van der Waals surface area contributed by atoms with Gasteiger partial charge in [-0.2, -0.15) is 0 Å². The van der Waals surface area contributed by atoms with E-state index in [1.165, 1.54) is 6.07 Å². The first-order valence-electron chi connectivity index (χ1n) is 8.67. The Morgan fingerprint density at radius 1 is 1.31 bits per heavy atom. The number of aliphatic hydroxyl groups is 1. The van der Waals surface area contributed by atoms with Gasteiger partial charge in [0, 0.05) is 21.8 Å². The number of pyridine rings is 1. The maximum Gasteiger partial charge on any atom is 0.252 e. The van der Waals surface area contributed by atoms with E-state index < -0.39 is 0 Å². The topological polar surface area (TPSA) is 82.2 Å². The molecule has 1 aliphatic carbocycles. The number of carbonyl (C=O) groups is 1. The average Bonchev–Trinajstić information content (AvgIpc) is 3.11. The molecule has 5 nitrogen and oxygen atoms in total. The summed E-state index contributed by atoms with van der Waals surface area (Å²) in [4.78, 5) is 28.9. The van der Waals surface area contributed by atoms with Crippen LogP contribution in [0.25, 0.3) is 10.9 Å². The van der Waals surface area contributed by atoms with E-state index in [4.69, 9.17) is 0 Å². The van der Waals surface area contributed by atoms with Crippen molar-refractivity contribution in [2.75, 3.05) is 0 Å². The van der Waals surface area contributed by atoms with E-state index in [2.05, 4.69) is 10.3 Å². The molecule has 3 N–H and O–H groups in total. The Labute approximate surface area is 154 Å². The predicted octanol–water partition coefficient (Wildman–Crippen LogP) is 3.14. The first kappa shape index (κ1) is 17.0. The number of benzene rings is 1. The minimum Gasteiger partial charge on any atom is -0.393 e. The number of hydrogen-bond acceptors (Lipinski definition) is 4. The zero-order chi connectivity index (χ0) is 18.3. The van der Waals surface area contributed by atoms with Crippen LogP contribution in [0.5, 0.6) is 0 Å².